The molecule has 0 aliphatic rings. The number of hydrogen-bond acceptors (Lipinski definition) is 2. The summed E-state index contributed by atoms with van der Waals surface area (Å²) >= 11 is 3.24. The van der Waals surface area contributed by atoms with Gasteiger partial charge in [0.2, 0.25) is 0 Å². The van der Waals surface area contributed by atoms with Crippen molar-refractivity contribution < 1.29 is 9.50 Å². The molecule has 16 heavy (non-hydrogen) atoms. The van der Waals surface area contributed by atoms with Gasteiger partial charge in [-0.05, 0) is 57.2 Å². The monoisotopic (exact) mass is 289 g/mol. The van der Waals surface area contributed by atoms with E-state index in [1.54, 1.807) is 0 Å². The Bertz CT molecular complexity index is 324. The molecule has 0 amide bonds. The summed E-state index contributed by atoms with van der Waals surface area (Å²) in [5.41, 5.74) is 0.818. The average Bonchev–Trinajstić information content (AvgIpc) is 2.12. The molecule has 0 aliphatic carbocycles. The van der Waals surface area contributed by atoms with E-state index < -0.39 is 6.10 Å². The fourth-order valence-corrected chi connectivity index (χ4v) is 2.02. The Balaban J connectivity index is 2.52. The molecule has 1 atom stereocenters. The summed E-state index contributed by atoms with van der Waals surface area (Å²) in [6, 6.07) is 4.71. The number of nitrogens with zero attached hydrogens (tertiary/aromatic N) is 1. The van der Waals surface area contributed by atoms with Crippen LogP contribution in [0, 0.1) is 5.82 Å². The summed E-state index contributed by atoms with van der Waals surface area (Å²) in [5.74, 6) is -0.274. The van der Waals surface area contributed by atoms with Crippen LogP contribution in [0.5, 0.6) is 0 Å². The number of rotatable bonds is 5. The number of aliphatic hydroxyl groups is 1. The smallest absolute Gasteiger partial charge is 0.124 e. The maximum atomic E-state index is 13.1. The molecule has 1 aromatic rings. The van der Waals surface area contributed by atoms with Crippen LogP contribution in [-0.4, -0.2) is 36.8 Å². The first kappa shape index (κ1) is 13.6. The van der Waals surface area contributed by atoms with Crippen LogP contribution in [0.25, 0.3) is 0 Å². The molecule has 1 aromatic carbocycles. The van der Waals surface area contributed by atoms with Gasteiger partial charge >= 0.3 is 0 Å². The van der Waals surface area contributed by atoms with Crippen LogP contribution in [0.15, 0.2) is 22.7 Å². The maximum Gasteiger partial charge on any atom is 0.124 e. The topological polar surface area (TPSA) is 23.5 Å². The Kier molecular flexibility index (Phi) is 5.38. The van der Waals surface area contributed by atoms with E-state index in [-0.39, 0.29) is 5.82 Å². The minimum Gasteiger partial charge on any atom is -0.393 e. The molecule has 2 nitrogen and oxygen atoms in total. The van der Waals surface area contributed by atoms with Crippen molar-refractivity contribution in [1.29, 1.82) is 0 Å². The molecule has 0 radical (unpaired) electrons. The third kappa shape index (κ3) is 5.05. The summed E-state index contributed by atoms with van der Waals surface area (Å²) in [6.07, 6.45) is 0.766. The molecule has 1 rings (SSSR count). The van der Waals surface area contributed by atoms with E-state index in [0.717, 1.165) is 12.1 Å². The van der Waals surface area contributed by atoms with Crippen molar-refractivity contribution in [2.45, 2.75) is 18.9 Å². The van der Waals surface area contributed by atoms with Gasteiger partial charge in [-0.2, -0.15) is 0 Å². The van der Waals surface area contributed by atoms with Gasteiger partial charge in [-0.15, -0.1) is 0 Å². The van der Waals surface area contributed by atoms with Gasteiger partial charge in [0.05, 0.1) is 6.10 Å². The van der Waals surface area contributed by atoms with Gasteiger partial charge in [-0.1, -0.05) is 15.9 Å². The van der Waals surface area contributed by atoms with E-state index in [1.807, 2.05) is 25.1 Å². The molecule has 0 aliphatic heterocycles. The van der Waals surface area contributed by atoms with Crippen molar-refractivity contribution in [2.75, 3.05) is 20.6 Å². The SMILES string of the molecule is CN(C)CCC(O)Cc1cc(F)cc(Br)c1. The molecule has 0 saturated heterocycles. The summed E-state index contributed by atoms with van der Waals surface area (Å²) in [5, 5.41) is 9.77. The molecule has 0 fully saturated rings. The van der Waals surface area contributed by atoms with Crippen LogP contribution in [0.4, 0.5) is 4.39 Å². The summed E-state index contributed by atoms with van der Waals surface area (Å²) < 4.78 is 13.8. The molecular weight excluding hydrogens is 273 g/mol. The highest BCUT2D eigenvalue weighted by Crippen LogP contribution is 2.16. The van der Waals surface area contributed by atoms with Crippen LogP contribution in [-0.2, 0) is 6.42 Å². The highest BCUT2D eigenvalue weighted by Gasteiger charge is 2.07. The van der Waals surface area contributed by atoms with E-state index >= 15 is 0 Å². The van der Waals surface area contributed by atoms with Gasteiger partial charge in [0.15, 0.2) is 0 Å². The highest BCUT2D eigenvalue weighted by molar-refractivity contribution is 9.10. The first-order valence-electron chi connectivity index (χ1n) is 5.25. The largest absolute Gasteiger partial charge is 0.393 e. The lowest BCUT2D eigenvalue weighted by atomic mass is 10.1. The standard InChI is InChI=1S/C12H17BrFNO/c1-15(2)4-3-12(16)7-9-5-10(13)8-11(14)6-9/h5-6,8,12,16H,3-4,7H2,1-2H3. The van der Waals surface area contributed by atoms with Crippen molar-refractivity contribution >= 4 is 15.9 Å². The van der Waals surface area contributed by atoms with E-state index in [9.17, 15) is 9.50 Å². The van der Waals surface area contributed by atoms with Crippen molar-refractivity contribution in [3.63, 3.8) is 0 Å². The molecule has 90 valence electrons. The molecular formula is C12H17BrFNO. The second-order valence-corrected chi connectivity index (χ2v) is 5.14. The first-order chi connectivity index (χ1) is 7.47. The zero-order chi connectivity index (χ0) is 12.1. The number of aliphatic hydroxyl groups excluding tert-OH is 1. The maximum absolute atomic E-state index is 13.1. The van der Waals surface area contributed by atoms with Crippen LogP contribution < -0.4 is 0 Å². The van der Waals surface area contributed by atoms with Crippen LogP contribution >= 0.6 is 15.9 Å². The molecule has 1 unspecified atom stereocenters. The fourth-order valence-electron chi connectivity index (χ4n) is 1.51. The van der Waals surface area contributed by atoms with E-state index in [2.05, 4.69) is 15.9 Å². The van der Waals surface area contributed by atoms with Gasteiger partial charge in [-0.25, -0.2) is 4.39 Å². The lowest BCUT2D eigenvalue weighted by molar-refractivity contribution is 0.152. The van der Waals surface area contributed by atoms with E-state index in [4.69, 9.17) is 0 Å². The van der Waals surface area contributed by atoms with Gasteiger partial charge in [0, 0.05) is 4.47 Å². The van der Waals surface area contributed by atoms with Gasteiger partial charge in [-0.3, -0.25) is 0 Å². The molecule has 0 bridgehead atoms. The van der Waals surface area contributed by atoms with Crippen molar-refractivity contribution in [1.82, 2.24) is 4.90 Å². The second kappa shape index (κ2) is 6.33. The summed E-state index contributed by atoms with van der Waals surface area (Å²) in [7, 11) is 3.93. The van der Waals surface area contributed by atoms with Crippen molar-refractivity contribution in [3.8, 4) is 0 Å². The van der Waals surface area contributed by atoms with Crippen LogP contribution in [0.2, 0.25) is 0 Å². The Labute approximate surface area is 104 Å². The minimum absolute atomic E-state index is 0.274. The van der Waals surface area contributed by atoms with E-state index in [1.165, 1.54) is 12.1 Å². The average molecular weight is 290 g/mol. The van der Waals surface area contributed by atoms with Crippen molar-refractivity contribution in [2.24, 2.45) is 0 Å². The second-order valence-electron chi connectivity index (χ2n) is 4.23. The normalized spacial score (nSPS) is 13.1. The summed E-state index contributed by atoms with van der Waals surface area (Å²) in [4.78, 5) is 2.02. The first-order valence-corrected chi connectivity index (χ1v) is 6.04. The quantitative estimate of drug-likeness (QED) is 0.900. The molecule has 4 heteroatoms. The Morgan fingerprint density at radius 1 is 1.38 bits per heavy atom. The Morgan fingerprint density at radius 2 is 2.06 bits per heavy atom. The van der Waals surface area contributed by atoms with Gasteiger partial charge in [0.1, 0.15) is 5.82 Å². The Morgan fingerprint density at radius 3 is 2.62 bits per heavy atom. The van der Waals surface area contributed by atoms with Gasteiger partial charge < -0.3 is 10.0 Å². The molecule has 0 heterocycles. The van der Waals surface area contributed by atoms with Crippen LogP contribution in [0.3, 0.4) is 0 Å². The molecule has 1 N–H and O–H groups in total. The number of benzene rings is 1. The molecule has 0 saturated carbocycles. The zero-order valence-electron chi connectivity index (χ0n) is 9.58. The van der Waals surface area contributed by atoms with Crippen LogP contribution in [0.1, 0.15) is 12.0 Å². The zero-order valence-corrected chi connectivity index (χ0v) is 11.2. The molecule has 0 aromatic heterocycles. The van der Waals surface area contributed by atoms with E-state index in [0.29, 0.717) is 17.3 Å². The van der Waals surface area contributed by atoms with Crippen molar-refractivity contribution in [3.05, 3.63) is 34.1 Å². The predicted molar refractivity (Wildman–Crippen MR) is 67.0 cm³/mol. The minimum atomic E-state index is -0.420. The number of halogens is 2. The fraction of sp³-hybridized carbons (Fsp3) is 0.500. The lowest BCUT2D eigenvalue weighted by Gasteiger charge is -2.14. The lowest BCUT2D eigenvalue weighted by Crippen LogP contribution is -2.20. The molecule has 0 spiro atoms. The van der Waals surface area contributed by atoms with Gasteiger partial charge in [0.25, 0.3) is 0 Å². The predicted octanol–water partition coefficient (Wildman–Crippen LogP) is 2.44. The number of hydrogen-bond donors (Lipinski definition) is 1. The third-order valence-corrected chi connectivity index (χ3v) is 2.76. The highest BCUT2D eigenvalue weighted by atomic mass is 79.9. The third-order valence-electron chi connectivity index (χ3n) is 2.30. The summed E-state index contributed by atoms with van der Waals surface area (Å²) in [6.45, 7) is 0.831. The Hall–Kier alpha value is -0.450.